The van der Waals surface area contributed by atoms with Gasteiger partial charge in [0.2, 0.25) is 0 Å². The van der Waals surface area contributed by atoms with Crippen LogP contribution in [0.2, 0.25) is 0 Å². The highest BCUT2D eigenvalue weighted by Crippen LogP contribution is 2.44. The van der Waals surface area contributed by atoms with Crippen LogP contribution in [0.5, 0.6) is 17.2 Å². The fraction of sp³-hybridized carbons (Fsp3) is 0.289. The van der Waals surface area contributed by atoms with Crippen molar-refractivity contribution < 1.29 is 28.0 Å². The fourth-order valence-corrected chi connectivity index (χ4v) is 7.16. The molecule has 1 saturated heterocycles. The monoisotopic (exact) mass is 730 g/mol. The Morgan fingerprint density at radius 1 is 0.812 bits per heavy atom. The molecule has 2 heterocycles. The van der Waals surface area contributed by atoms with Gasteiger partial charge >= 0.3 is 6.09 Å². The molecule has 0 spiro atoms. The molecule has 0 N–H and O–H groups in total. The van der Waals surface area contributed by atoms with Gasteiger partial charge in [0.1, 0.15) is 36.1 Å². The number of ether oxygens (including phenoxy) is 4. The average Bonchev–Trinajstić information content (AvgIpc) is 3.35. The Kier molecular flexibility index (Phi) is 10.5. The van der Waals surface area contributed by atoms with E-state index in [0.29, 0.717) is 53.4 Å². The van der Waals surface area contributed by atoms with Crippen LogP contribution in [0.4, 0.5) is 4.79 Å². The molecule has 1 atom stereocenters. The Labute approximate surface area is 292 Å². The van der Waals surface area contributed by atoms with Crippen LogP contribution in [0, 0.1) is 0 Å². The molecule has 2 aliphatic rings. The zero-order valence-corrected chi connectivity index (χ0v) is 29.7. The van der Waals surface area contributed by atoms with Crippen molar-refractivity contribution in [2.75, 3.05) is 39.3 Å². The Bertz CT molecular complexity index is 1780. The molecule has 1 unspecified atom stereocenters. The van der Waals surface area contributed by atoms with E-state index in [2.05, 4.69) is 20.8 Å². The third-order valence-electron chi connectivity index (χ3n) is 7.89. The zero-order valence-electron chi connectivity index (χ0n) is 27.3. The first-order valence-corrected chi connectivity index (χ1v) is 17.9. The van der Waals surface area contributed by atoms with Crippen molar-refractivity contribution in [3.63, 3.8) is 0 Å². The number of hydrogen-bond acceptors (Lipinski definition) is 7. The number of hydrogen-bond donors (Lipinski definition) is 0. The summed E-state index contributed by atoms with van der Waals surface area (Å²) >= 11 is 3.50. The molecule has 4 aromatic rings. The van der Waals surface area contributed by atoms with E-state index in [-0.39, 0.29) is 6.09 Å². The minimum Gasteiger partial charge on any atom is -0.492 e. The van der Waals surface area contributed by atoms with E-state index in [1.165, 1.54) is 0 Å². The lowest BCUT2D eigenvalue weighted by atomic mass is 10.1. The molecule has 10 heteroatoms. The van der Waals surface area contributed by atoms with Gasteiger partial charge in [0.05, 0.1) is 20.6 Å². The number of fused-ring (bicyclic) bond motifs is 1. The molecule has 1 amide bonds. The predicted octanol–water partition coefficient (Wildman–Crippen LogP) is 7.99. The van der Waals surface area contributed by atoms with Gasteiger partial charge < -0.3 is 23.8 Å². The van der Waals surface area contributed by atoms with Crippen LogP contribution in [-0.4, -0.2) is 65.0 Å². The fourth-order valence-electron chi connectivity index (χ4n) is 5.43. The van der Waals surface area contributed by atoms with Gasteiger partial charge in [-0.1, -0.05) is 58.4 Å². The SMILES string of the molecule is CC(C)(C)OC(=O)N1CCN(CCOc2ccc(OC3=C(c4ccc(Br)cc4)S(=O)c4cc(OCc5ccccc5)ccc43)cc2)CC1. The molecular weight excluding hydrogens is 692 g/mol. The first-order valence-electron chi connectivity index (χ1n) is 16.0. The molecule has 2 aliphatic heterocycles. The lowest BCUT2D eigenvalue weighted by molar-refractivity contribution is 0.0137. The van der Waals surface area contributed by atoms with Gasteiger partial charge in [-0.15, -0.1) is 0 Å². The third-order valence-corrected chi connectivity index (χ3v) is 9.95. The van der Waals surface area contributed by atoms with Crippen molar-refractivity contribution in [2.24, 2.45) is 0 Å². The van der Waals surface area contributed by atoms with Crippen LogP contribution in [0.1, 0.15) is 37.5 Å². The number of rotatable bonds is 10. The highest BCUT2D eigenvalue weighted by Gasteiger charge is 2.32. The summed E-state index contributed by atoms with van der Waals surface area (Å²) in [4.78, 5) is 17.7. The summed E-state index contributed by atoms with van der Waals surface area (Å²) in [6, 6.07) is 30.8. The lowest BCUT2D eigenvalue weighted by Gasteiger charge is -2.35. The van der Waals surface area contributed by atoms with E-state index in [0.717, 1.165) is 46.5 Å². The number of amides is 1. The first kappa shape index (κ1) is 33.8. The molecule has 250 valence electrons. The lowest BCUT2D eigenvalue weighted by Crippen LogP contribution is -2.50. The van der Waals surface area contributed by atoms with Gasteiger partial charge in [-0.3, -0.25) is 4.90 Å². The number of carbonyl (C=O) groups is 1. The molecule has 0 bridgehead atoms. The molecule has 4 aromatic carbocycles. The zero-order chi connectivity index (χ0) is 33.7. The Hall–Kier alpha value is -4.12. The van der Waals surface area contributed by atoms with Crippen LogP contribution < -0.4 is 14.2 Å². The summed E-state index contributed by atoms with van der Waals surface area (Å²) in [6.45, 7) is 10.1. The summed E-state index contributed by atoms with van der Waals surface area (Å²) < 4.78 is 39.0. The minimum absolute atomic E-state index is 0.259. The largest absolute Gasteiger partial charge is 0.492 e. The maximum absolute atomic E-state index is 14.0. The smallest absolute Gasteiger partial charge is 0.410 e. The Balaban J connectivity index is 1.09. The molecule has 0 saturated carbocycles. The second-order valence-corrected chi connectivity index (χ2v) is 14.9. The van der Waals surface area contributed by atoms with Crippen LogP contribution in [0.25, 0.3) is 10.7 Å². The van der Waals surface area contributed by atoms with Crippen LogP contribution in [0.3, 0.4) is 0 Å². The van der Waals surface area contributed by atoms with Gasteiger partial charge in [-0.2, -0.15) is 0 Å². The maximum atomic E-state index is 14.0. The van der Waals surface area contributed by atoms with E-state index in [1.807, 2.05) is 118 Å². The Morgan fingerprint density at radius 3 is 2.17 bits per heavy atom. The minimum atomic E-state index is -1.48. The second kappa shape index (κ2) is 15.0. The summed E-state index contributed by atoms with van der Waals surface area (Å²) in [5.41, 5.74) is 2.15. The van der Waals surface area contributed by atoms with Crippen molar-refractivity contribution in [2.45, 2.75) is 37.9 Å². The van der Waals surface area contributed by atoms with Crippen molar-refractivity contribution in [1.82, 2.24) is 9.80 Å². The summed E-state index contributed by atoms with van der Waals surface area (Å²) in [7, 11) is -1.48. The van der Waals surface area contributed by atoms with Gasteiger partial charge in [0, 0.05) is 42.8 Å². The van der Waals surface area contributed by atoms with Crippen LogP contribution >= 0.6 is 15.9 Å². The highest BCUT2D eigenvalue weighted by atomic mass is 79.9. The second-order valence-electron chi connectivity index (χ2n) is 12.6. The highest BCUT2D eigenvalue weighted by molar-refractivity contribution is 9.10. The average molecular weight is 732 g/mol. The van der Waals surface area contributed by atoms with E-state index >= 15 is 0 Å². The van der Waals surface area contributed by atoms with E-state index in [9.17, 15) is 9.00 Å². The number of halogens is 1. The first-order chi connectivity index (χ1) is 23.1. The maximum Gasteiger partial charge on any atom is 0.410 e. The summed E-state index contributed by atoms with van der Waals surface area (Å²) in [5, 5.41) is 0. The van der Waals surface area contributed by atoms with E-state index in [1.54, 1.807) is 4.90 Å². The van der Waals surface area contributed by atoms with Crippen molar-refractivity contribution in [3.8, 4) is 17.2 Å². The van der Waals surface area contributed by atoms with Gasteiger partial charge in [-0.05, 0) is 86.5 Å². The number of piperazine rings is 1. The van der Waals surface area contributed by atoms with Gasteiger partial charge in [-0.25, -0.2) is 9.00 Å². The standard InChI is InChI=1S/C38H39BrN2O6S/c1-38(2,3)47-37(42)41-21-19-40(20-22-41)23-24-44-30-13-15-31(16-14-30)46-35-33-18-17-32(45-26-27-7-5-4-6-8-27)25-34(33)48(43)36(35)28-9-11-29(39)12-10-28/h4-18,25H,19-24,26H2,1-3H3. The normalized spacial score (nSPS) is 16.4. The van der Waals surface area contributed by atoms with Crippen LogP contribution in [0.15, 0.2) is 106 Å². The third kappa shape index (κ3) is 8.47. The molecule has 0 aliphatic carbocycles. The molecule has 6 rings (SSSR count). The summed E-state index contributed by atoms with van der Waals surface area (Å²) in [5.74, 6) is 2.54. The summed E-state index contributed by atoms with van der Waals surface area (Å²) in [6.07, 6.45) is -0.259. The van der Waals surface area contributed by atoms with Crippen LogP contribution in [-0.2, 0) is 22.1 Å². The molecule has 0 radical (unpaired) electrons. The molecule has 1 fully saturated rings. The Morgan fingerprint density at radius 2 is 1.48 bits per heavy atom. The van der Waals surface area contributed by atoms with E-state index < -0.39 is 16.4 Å². The number of carbonyl (C=O) groups excluding carboxylic acids is 1. The number of nitrogens with zero attached hydrogens (tertiary/aromatic N) is 2. The number of benzene rings is 4. The molecule has 8 nitrogen and oxygen atoms in total. The molecular formula is C38H39BrN2O6S. The van der Waals surface area contributed by atoms with Gasteiger partial charge in [0.15, 0.2) is 5.76 Å². The quantitative estimate of drug-likeness (QED) is 0.164. The molecule has 0 aromatic heterocycles. The predicted molar refractivity (Wildman–Crippen MR) is 191 cm³/mol. The topological polar surface area (TPSA) is 77.5 Å². The van der Waals surface area contributed by atoms with Crippen molar-refractivity contribution in [3.05, 3.63) is 118 Å². The van der Waals surface area contributed by atoms with Crippen molar-refractivity contribution >= 4 is 43.5 Å². The van der Waals surface area contributed by atoms with Gasteiger partial charge in [0.25, 0.3) is 0 Å². The van der Waals surface area contributed by atoms with Crippen molar-refractivity contribution in [1.29, 1.82) is 0 Å². The van der Waals surface area contributed by atoms with E-state index in [4.69, 9.17) is 18.9 Å². The molecule has 48 heavy (non-hydrogen) atoms.